The van der Waals surface area contributed by atoms with Gasteiger partial charge in [-0.05, 0) is 18.9 Å². The van der Waals surface area contributed by atoms with Gasteiger partial charge in [0.1, 0.15) is 5.75 Å². The quantitative estimate of drug-likeness (QED) is 0.901. The Labute approximate surface area is 160 Å². The van der Waals surface area contributed by atoms with E-state index >= 15 is 0 Å². The molecule has 3 heterocycles. The summed E-state index contributed by atoms with van der Waals surface area (Å²) in [4.78, 5) is 14.9. The molecule has 144 valence electrons. The van der Waals surface area contributed by atoms with E-state index in [2.05, 4.69) is 33.6 Å². The summed E-state index contributed by atoms with van der Waals surface area (Å²) in [5, 5.41) is 7.71. The van der Waals surface area contributed by atoms with Crippen LogP contribution in [0.1, 0.15) is 42.7 Å². The smallest absolute Gasteiger partial charge is 0.220 e. The summed E-state index contributed by atoms with van der Waals surface area (Å²) in [5.41, 5.74) is 2.16. The number of aromatic nitrogens is 2. The number of rotatable bonds is 4. The molecule has 0 bridgehead atoms. The third-order valence-electron chi connectivity index (χ3n) is 5.96. The fourth-order valence-corrected chi connectivity index (χ4v) is 4.80. The predicted molar refractivity (Wildman–Crippen MR) is 104 cm³/mol. The minimum atomic E-state index is -0.232. The zero-order chi connectivity index (χ0) is 18.9. The Morgan fingerprint density at radius 2 is 2.19 bits per heavy atom. The summed E-state index contributed by atoms with van der Waals surface area (Å²) in [6, 6.07) is 8.23. The first kappa shape index (κ1) is 18.0. The number of nitrogens with zero attached hydrogens (tertiary/aromatic N) is 3. The van der Waals surface area contributed by atoms with Gasteiger partial charge >= 0.3 is 0 Å². The van der Waals surface area contributed by atoms with Gasteiger partial charge in [0.15, 0.2) is 0 Å². The van der Waals surface area contributed by atoms with Gasteiger partial charge in [0.05, 0.1) is 18.8 Å². The highest BCUT2D eigenvalue weighted by Crippen LogP contribution is 2.44. The molecule has 27 heavy (non-hydrogen) atoms. The van der Waals surface area contributed by atoms with E-state index in [0.717, 1.165) is 44.6 Å². The molecule has 0 saturated carbocycles. The van der Waals surface area contributed by atoms with Gasteiger partial charge in [0, 0.05) is 56.3 Å². The number of likely N-dealkylation sites (tertiary alicyclic amines) is 1. The van der Waals surface area contributed by atoms with Gasteiger partial charge in [-0.2, -0.15) is 5.10 Å². The molecule has 0 aliphatic carbocycles. The number of benzene rings is 1. The van der Waals surface area contributed by atoms with E-state index in [0.29, 0.717) is 6.42 Å². The van der Waals surface area contributed by atoms with Crippen molar-refractivity contribution in [3.8, 4) is 5.75 Å². The summed E-state index contributed by atoms with van der Waals surface area (Å²) in [7, 11) is 3.66. The first-order valence-corrected chi connectivity index (χ1v) is 9.73. The van der Waals surface area contributed by atoms with E-state index in [1.165, 1.54) is 11.1 Å². The number of nitrogens with one attached hydrogen (secondary N) is 1. The third kappa shape index (κ3) is 3.58. The number of hydrogen-bond donors (Lipinski definition) is 1. The second kappa shape index (κ2) is 7.35. The number of amides is 1. The average molecular weight is 368 g/mol. The van der Waals surface area contributed by atoms with Gasteiger partial charge < -0.3 is 10.1 Å². The number of methoxy groups -OCH3 is 1. The highest BCUT2D eigenvalue weighted by Gasteiger charge is 2.49. The first-order valence-electron chi connectivity index (χ1n) is 9.73. The molecule has 1 amide bonds. The van der Waals surface area contributed by atoms with Gasteiger partial charge in [0.25, 0.3) is 0 Å². The fraction of sp³-hybridized carbons (Fsp3) is 0.524. The maximum Gasteiger partial charge on any atom is 0.220 e. The minimum Gasteiger partial charge on any atom is -0.496 e. The maximum absolute atomic E-state index is 12.5. The van der Waals surface area contributed by atoms with Crippen molar-refractivity contribution >= 4 is 5.91 Å². The van der Waals surface area contributed by atoms with Crippen LogP contribution in [0.2, 0.25) is 0 Å². The van der Waals surface area contributed by atoms with Crippen LogP contribution in [0.4, 0.5) is 0 Å². The van der Waals surface area contributed by atoms with Crippen LogP contribution in [0.3, 0.4) is 0 Å². The second-order valence-electron chi connectivity index (χ2n) is 7.90. The lowest BCUT2D eigenvalue weighted by Gasteiger charge is -2.35. The molecule has 1 N–H and O–H groups in total. The molecule has 2 aliphatic rings. The van der Waals surface area contributed by atoms with Crippen LogP contribution in [0.25, 0.3) is 0 Å². The van der Waals surface area contributed by atoms with E-state index in [9.17, 15) is 4.79 Å². The molecule has 2 aromatic rings. The molecule has 0 unspecified atom stereocenters. The van der Waals surface area contributed by atoms with Gasteiger partial charge in [-0.1, -0.05) is 24.6 Å². The van der Waals surface area contributed by atoms with E-state index < -0.39 is 0 Å². The number of para-hydroxylation sites is 1. The summed E-state index contributed by atoms with van der Waals surface area (Å²) in [6.07, 6.45) is 7.66. The van der Waals surface area contributed by atoms with Crippen molar-refractivity contribution in [3.05, 3.63) is 47.8 Å². The molecule has 1 spiro atoms. The Kier molecular flexibility index (Phi) is 4.91. The lowest BCUT2D eigenvalue weighted by Crippen LogP contribution is -2.52. The van der Waals surface area contributed by atoms with Crippen molar-refractivity contribution in [2.24, 2.45) is 7.05 Å². The molecule has 0 radical (unpaired) electrons. The lowest BCUT2D eigenvalue weighted by atomic mass is 9.78. The number of hydrogen-bond acceptors (Lipinski definition) is 4. The van der Waals surface area contributed by atoms with Crippen molar-refractivity contribution in [3.63, 3.8) is 0 Å². The monoisotopic (exact) mass is 368 g/mol. The summed E-state index contributed by atoms with van der Waals surface area (Å²) in [6.45, 7) is 2.60. The van der Waals surface area contributed by atoms with Crippen molar-refractivity contribution in [1.82, 2.24) is 20.0 Å². The third-order valence-corrected chi connectivity index (χ3v) is 5.96. The Hall–Kier alpha value is -2.34. The Morgan fingerprint density at radius 1 is 1.33 bits per heavy atom. The van der Waals surface area contributed by atoms with Crippen LogP contribution >= 0.6 is 0 Å². The summed E-state index contributed by atoms with van der Waals surface area (Å²) in [5.74, 6) is 1.30. The van der Waals surface area contributed by atoms with E-state index in [1.807, 2.05) is 30.1 Å². The number of carbonyl (C=O) groups is 1. The van der Waals surface area contributed by atoms with Gasteiger partial charge in [-0.3, -0.25) is 14.4 Å². The molecule has 6 heteroatoms. The SMILES string of the molecule is COc1ccccc1[C@@H]1CN(Cc2cnn(C)c2)C[C@]12CCCCC(=O)N2. The molecule has 1 aromatic carbocycles. The molecule has 2 atom stereocenters. The Balaban J connectivity index is 1.67. The molecular formula is C21H28N4O2. The van der Waals surface area contributed by atoms with Crippen LogP contribution in [0, 0.1) is 0 Å². The Morgan fingerprint density at radius 3 is 2.96 bits per heavy atom. The summed E-state index contributed by atoms with van der Waals surface area (Å²) >= 11 is 0. The van der Waals surface area contributed by atoms with E-state index in [4.69, 9.17) is 4.74 Å². The van der Waals surface area contributed by atoms with Gasteiger partial charge in [-0.25, -0.2) is 0 Å². The highest BCUT2D eigenvalue weighted by atomic mass is 16.5. The van der Waals surface area contributed by atoms with Crippen LogP contribution in [0.5, 0.6) is 5.75 Å². The highest BCUT2D eigenvalue weighted by molar-refractivity contribution is 5.77. The molecule has 2 fully saturated rings. The fourth-order valence-electron chi connectivity index (χ4n) is 4.80. The zero-order valence-corrected chi connectivity index (χ0v) is 16.1. The van der Waals surface area contributed by atoms with Crippen LogP contribution in [0.15, 0.2) is 36.7 Å². The molecule has 6 nitrogen and oxygen atoms in total. The average Bonchev–Trinajstić information content (AvgIpc) is 3.16. The lowest BCUT2D eigenvalue weighted by molar-refractivity contribution is -0.122. The molecule has 2 aliphatic heterocycles. The molecule has 4 rings (SSSR count). The number of carbonyl (C=O) groups excluding carboxylic acids is 1. The number of aryl methyl sites for hydroxylation is 1. The van der Waals surface area contributed by atoms with Crippen LogP contribution in [-0.4, -0.2) is 46.3 Å². The van der Waals surface area contributed by atoms with Crippen LogP contribution in [-0.2, 0) is 18.4 Å². The largest absolute Gasteiger partial charge is 0.496 e. The maximum atomic E-state index is 12.5. The van der Waals surface area contributed by atoms with Crippen molar-refractivity contribution in [2.45, 2.75) is 43.7 Å². The van der Waals surface area contributed by atoms with Crippen LogP contribution < -0.4 is 10.1 Å². The Bertz CT molecular complexity index is 818. The van der Waals surface area contributed by atoms with E-state index in [1.54, 1.807) is 7.11 Å². The van der Waals surface area contributed by atoms with E-state index in [-0.39, 0.29) is 17.4 Å². The molecule has 2 saturated heterocycles. The topological polar surface area (TPSA) is 59.4 Å². The standard InChI is InChI=1S/C21H28N4O2/c1-24-12-16(11-22-24)13-25-14-18(17-7-3-4-8-19(17)27-2)21(15-25)10-6-5-9-20(26)23-21/h3-4,7-8,11-12,18H,5-6,9-10,13-15H2,1-2H3,(H,23,26)/t18-,21+/m0/s1. The normalized spacial score (nSPS) is 26.1. The van der Waals surface area contributed by atoms with Gasteiger partial charge in [-0.15, -0.1) is 0 Å². The zero-order valence-electron chi connectivity index (χ0n) is 16.1. The second-order valence-corrected chi connectivity index (χ2v) is 7.90. The first-order chi connectivity index (χ1) is 13.1. The van der Waals surface area contributed by atoms with Crippen molar-refractivity contribution < 1.29 is 9.53 Å². The summed E-state index contributed by atoms with van der Waals surface area (Å²) < 4.78 is 7.50. The number of ether oxygens (including phenoxy) is 1. The van der Waals surface area contributed by atoms with Crippen molar-refractivity contribution in [2.75, 3.05) is 20.2 Å². The minimum absolute atomic E-state index is 0.177. The molecular weight excluding hydrogens is 340 g/mol. The predicted octanol–water partition coefficient (Wildman–Crippen LogP) is 2.46. The molecule has 1 aromatic heterocycles. The van der Waals surface area contributed by atoms with Gasteiger partial charge in [0.2, 0.25) is 5.91 Å². The van der Waals surface area contributed by atoms with Crippen molar-refractivity contribution in [1.29, 1.82) is 0 Å².